The number of fused-ring (bicyclic) bond motifs is 3. The van der Waals surface area contributed by atoms with Crippen LogP contribution in [-0.4, -0.2) is 53.7 Å². The maximum Gasteiger partial charge on any atom is 0.229 e. The van der Waals surface area contributed by atoms with Gasteiger partial charge in [-0.2, -0.15) is 4.98 Å². The molecule has 1 aromatic carbocycles. The number of nitrogens with one attached hydrogen (secondary N) is 2. The van der Waals surface area contributed by atoms with Crippen LogP contribution in [0.25, 0.3) is 0 Å². The van der Waals surface area contributed by atoms with Crippen LogP contribution in [-0.2, 0) is 4.74 Å². The van der Waals surface area contributed by atoms with Gasteiger partial charge >= 0.3 is 0 Å². The van der Waals surface area contributed by atoms with E-state index in [1.165, 1.54) is 0 Å². The highest BCUT2D eigenvalue weighted by molar-refractivity contribution is 6.07. The number of nitrogens with zero attached hydrogens (tertiary/aromatic N) is 4. The highest BCUT2D eigenvalue weighted by Gasteiger charge is 2.48. The van der Waals surface area contributed by atoms with Gasteiger partial charge in [-0.15, -0.1) is 0 Å². The van der Waals surface area contributed by atoms with Crippen molar-refractivity contribution in [3.05, 3.63) is 60.7 Å². The van der Waals surface area contributed by atoms with Gasteiger partial charge in [-0.25, -0.2) is 4.98 Å². The van der Waals surface area contributed by atoms with Gasteiger partial charge in [-0.1, -0.05) is 30.4 Å². The molecule has 1 aromatic heterocycles. The summed E-state index contributed by atoms with van der Waals surface area (Å²) in [5.41, 5.74) is 1.91. The van der Waals surface area contributed by atoms with E-state index in [2.05, 4.69) is 52.9 Å². The number of dihydropyridines is 1. The maximum atomic E-state index is 6.19. The molecule has 0 aliphatic carbocycles. The Hall–Kier alpha value is -2.77. The van der Waals surface area contributed by atoms with Crippen LogP contribution in [0.2, 0.25) is 0 Å². The molecule has 161 valence electrons. The fraction of sp³-hybridized carbons (Fsp3) is 0.417. The second-order valence-electron chi connectivity index (χ2n) is 8.95. The Labute approximate surface area is 183 Å². The minimum Gasteiger partial charge on any atom is -0.375 e. The Kier molecular flexibility index (Phi) is 5.24. The van der Waals surface area contributed by atoms with Crippen molar-refractivity contribution in [3.8, 4) is 0 Å². The largest absolute Gasteiger partial charge is 0.375 e. The average Bonchev–Trinajstić information content (AvgIpc) is 3.06. The first kappa shape index (κ1) is 20.2. The third kappa shape index (κ3) is 3.95. The number of rotatable bonds is 4. The molecule has 3 atom stereocenters. The molecular weight excluding hydrogens is 388 g/mol. The summed E-state index contributed by atoms with van der Waals surface area (Å²) in [4.78, 5) is 16.9. The Bertz CT molecular complexity index is 1000. The van der Waals surface area contributed by atoms with Crippen molar-refractivity contribution in [2.24, 2.45) is 4.99 Å². The summed E-state index contributed by atoms with van der Waals surface area (Å²) in [7, 11) is 1.96. The van der Waals surface area contributed by atoms with E-state index >= 15 is 0 Å². The van der Waals surface area contributed by atoms with Crippen molar-refractivity contribution >= 4 is 23.3 Å². The van der Waals surface area contributed by atoms with Gasteiger partial charge in [0.2, 0.25) is 5.95 Å². The number of aromatic nitrogens is 2. The first-order valence-corrected chi connectivity index (χ1v) is 10.9. The molecule has 7 nitrogen and oxygen atoms in total. The van der Waals surface area contributed by atoms with E-state index in [1.807, 2.05) is 43.6 Å². The van der Waals surface area contributed by atoms with Crippen molar-refractivity contribution in [1.29, 1.82) is 0 Å². The van der Waals surface area contributed by atoms with Crippen LogP contribution in [0.4, 0.5) is 17.5 Å². The fourth-order valence-corrected chi connectivity index (χ4v) is 4.67. The van der Waals surface area contributed by atoms with Crippen LogP contribution in [0.3, 0.4) is 0 Å². The fourth-order valence-electron chi connectivity index (χ4n) is 4.67. The molecular formula is C24H29N6O. The average molecular weight is 418 g/mol. The monoisotopic (exact) mass is 417 g/mol. The second kappa shape index (κ2) is 8.05. The minimum absolute atomic E-state index is 0.115. The summed E-state index contributed by atoms with van der Waals surface area (Å²) in [6.07, 6.45) is 9.18. The van der Waals surface area contributed by atoms with Gasteiger partial charge in [0.05, 0.1) is 18.2 Å². The molecule has 0 bridgehead atoms. The van der Waals surface area contributed by atoms with Crippen LogP contribution in [0, 0.1) is 6.42 Å². The Morgan fingerprint density at radius 1 is 1.23 bits per heavy atom. The number of hydrogen-bond acceptors (Lipinski definition) is 7. The zero-order chi connectivity index (χ0) is 21.4. The molecule has 31 heavy (non-hydrogen) atoms. The lowest BCUT2D eigenvalue weighted by Gasteiger charge is -2.41. The molecule has 0 saturated carbocycles. The summed E-state index contributed by atoms with van der Waals surface area (Å²) >= 11 is 0. The van der Waals surface area contributed by atoms with Gasteiger partial charge in [0, 0.05) is 42.4 Å². The van der Waals surface area contributed by atoms with Gasteiger partial charge in [0.25, 0.3) is 0 Å². The zero-order valence-electron chi connectivity index (χ0n) is 18.2. The second-order valence-corrected chi connectivity index (χ2v) is 8.95. The number of ether oxygens (including phenoxy) is 1. The molecule has 3 aliphatic heterocycles. The quantitative estimate of drug-likeness (QED) is 0.794. The van der Waals surface area contributed by atoms with Crippen molar-refractivity contribution in [3.63, 3.8) is 0 Å². The summed E-state index contributed by atoms with van der Waals surface area (Å²) in [6, 6.07) is 10.4. The van der Waals surface area contributed by atoms with E-state index in [4.69, 9.17) is 14.7 Å². The first-order valence-electron chi connectivity index (χ1n) is 10.9. The number of hydrogen-bond donors (Lipinski definition) is 2. The van der Waals surface area contributed by atoms with Gasteiger partial charge in [0.15, 0.2) is 0 Å². The summed E-state index contributed by atoms with van der Waals surface area (Å²) in [5, 5.41) is 6.56. The lowest BCUT2D eigenvalue weighted by atomic mass is 9.85. The Morgan fingerprint density at radius 2 is 2.06 bits per heavy atom. The number of likely N-dealkylation sites (N-methyl/N-ethyl adjacent to an activating group) is 1. The van der Waals surface area contributed by atoms with Crippen LogP contribution in [0.5, 0.6) is 0 Å². The molecule has 7 heteroatoms. The lowest BCUT2D eigenvalue weighted by Crippen LogP contribution is -2.49. The Morgan fingerprint density at radius 3 is 2.87 bits per heavy atom. The van der Waals surface area contributed by atoms with Crippen LogP contribution in [0.1, 0.15) is 31.7 Å². The van der Waals surface area contributed by atoms with Crippen molar-refractivity contribution in [1.82, 2.24) is 15.3 Å². The van der Waals surface area contributed by atoms with Crippen molar-refractivity contribution < 1.29 is 4.74 Å². The molecule has 0 spiro atoms. The molecule has 2 aromatic rings. The lowest BCUT2D eigenvalue weighted by molar-refractivity contribution is -0.0654. The van der Waals surface area contributed by atoms with Crippen LogP contribution >= 0.6 is 0 Å². The third-order valence-electron chi connectivity index (χ3n) is 6.14. The number of anilines is 3. The summed E-state index contributed by atoms with van der Waals surface area (Å²) < 4.78 is 6.19. The SMILES string of the molecule is CNCC1C=C[CH]C(N2c3nc(Nc4ccccc4)ncc3C3COC(C)(C)C[C@H]32)=N1. The van der Waals surface area contributed by atoms with Gasteiger partial charge < -0.3 is 20.3 Å². The van der Waals surface area contributed by atoms with Crippen LogP contribution in [0.15, 0.2) is 53.7 Å². The third-order valence-corrected chi connectivity index (χ3v) is 6.14. The molecule has 1 saturated heterocycles. The van der Waals surface area contributed by atoms with E-state index in [1.54, 1.807) is 0 Å². The normalized spacial score (nSPS) is 26.2. The summed E-state index contributed by atoms with van der Waals surface area (Å²) in [5.74, 6) is 2.71. The molecule has 3 aliphatic rings. The number of benzene rings is 1. The molecule has 1 radical (unpaired) electrons. The predicted octanol–water partition coefficient (Wildman–Crippen LogP) is 3.45. The highest BCUT2D eigenvalue weighted by Crippen LogP contribution is 2.47. The molecule has 1 fully saturated rings. The smallest absolute Gasteiger partial charge is 0.229 e. The van der Waals surface area contributed by atoms with Crippen molar-refractivity contribution in [2.45, 2.75) is 43.9 Å². The first-order chi connectivity index (χ1) is 15.0. The molecule has 2 unspecified atom stereocenters. The van der Waals surface area contributed by atoms with E-state index in [0.29, 0.717) is 12.6 Å². The Balaban J connectivity index is 1.53. The topological polar surface area (TPSA) is 74.7 Å². The van der Waals surface area contributed by atoms with E-state index in [9.17, 15) is 0 Å². The van der Waals surface area contributed by atoms with Crippen molar-refractivity contribution in [2.75, 3.05) is 30.4 Å². The van der Waals surface area contributed by atoms with Gasteiger partial charge in [-0.05, 0) is 39.4 Å². The number of amidine groups is 1. The maximum absolute atomic E-state index is 6.19. The number of aliphatic imine (C=N–C) groups is 1. The van der Waals surface area contributed by atoms with E-state index in [0.717, 1.165) is 35.9 Å². The van der Waals surface area contributed by atoms with E-state index < -0.39 is 0 Å². The zero-order valence-corrected chi connectivity index (χ0v) is 18.2. The summed E-state index contributed by atoms with van der Waals surface area (Å²) in [6.45, 7) is 5.80. The molecule has 2 N–H and O–H groups in total. The molecule has 0 amide bonds. The van der Waals surface area contributed by atoms with Crippen LogP contribution < -0.4 is 15.5 Å². The van der Waals surface area contributed by atoms with Gasteiger partial charge in [0.1, 0.15) is 11.7 Å². The molecule has 5 rings (SSSR count). The number of para-hydroxylation sites is 1. The minimum atomic E-state index is -0.185. The molecule has 4 heterocycles. The van der Waals surface area contributed by atoms with Gasteiger partial charge in [-0.3, -0.25) is 4.99 Å². The predicted molar refractivity (Wildman–Crippen MR) is 124 cm³/mol. The highest BCUT2D eigenvalue weighted by atomic mass is 16.5. The standard InChI is InChI=1S/C24H29N6O/c1-24(2)12-20-19(15-31-24)18-14-26-23(28-16-8-5-4-6-9-16)29-22(18)30(20)21-11-7-10-17(27-21)13-25-3/h4-11,14,17,19-20,25H,12-13,15H2,1-3H3,(H,26,28,29)/t17?,19?,20-/m1/s1. The van der Waals surface area contributed by atoms with E-state index in [-0.39, 0.29) is 23.6 Å².